The Morgan fingerprint density at radius 3 is 2.65 bits per heavy atom. The van der Waals surface area contributed by atoms with Crippen LogP contribution in [-0.2, 0) is 10.0 Å². The molecular formula is C11H14ClN3O4S. The van der Waals surface area contributed by atoms with Gasteiger partial charge >= 0.3 is 0 Å². The summed E-state index contributed by atoms with van der Waals surface area (Å²) in [5.41, 5.74) is -0.528. The van der Waals surface area contributed by atoms with Crippen LogP contribution >= 0.6 is 11.6 Å². The first-order chi connectivity index (χ1) is 9.40. The van der Waals surface area contributed by atoms with Crippen molar-refractivity contribution in [3.63, 3.8) is 0 Å². The Hall–Kier alpha value is -1.22. The summed E-state index contributed by atoms with van der Waals surface area (Å²) in [6.45, 7) is 0.671. The van der Waals surface area contributed by atoms with Crippen molar-refractivity contribution in [2.45, 2.75) is 23.8 Å². The summed E-state index contributed by atoms with van der Waals surface area (Å²) < 4.78 is 26.4. The predicted molar refractivity (Wildman–Crippen MR) is 74.3 cm³/mol. The Labute approximate surface area is 121 Å². The van der Waals surface area contributed by atoms with Gasteiger partial charge in [0, 0.05) is 30.2 Å². The number of hydrogen-bond donors (Lipinski definition) is 2. The molecule has 1 aliphatic rings. The second kappa shape index (κ2) is 6.04. The van der Waals surface area contributed by atoms with E-state index in [2.05, 4.69) is 10.0 Å². The van der Waals surface area contributed by atoms with Gasteiger partial charge in [-0.15, -0.1) is 0 Å². The summed E-state index contributed by atoms with van der Waals surface area (Å²) in [6.07, 6.45) is 2.21. The van der Waals surface area contributed by atoms with E-state index in [1.165, 1.54) is 6.07 Å². The van der Waals surface area contributed by atoms with Crippen LogP contribution in [0.4, 0.5) is 5.69 Å². The van der Waals surface area contributed by atoms with Crippen LogP contribution in [0.15, 0.2) is 23.1 Å². The standard InChI is InChI=1S/C11H14ClN3O4S/c12-8-1-4-11(10(7-8)15(16)17)20(18,19)14-6-5-13-9-2-3-9/h1,4,7,9,13-14H,2-3,5-6H2. The van der Waals surface area contributed by atoms with Crippen LogP contribution < -0.4 is 10.0 Å². The molecule has 0 spiro atoms. The number of halogens is 1. The fraction of sp³-hybridized carbons (Fsp3) is 0.455. The highest BCUT2D eigenvalue weighted by Crippen LogP contribution is 2.26. The first-order valence-corrected chi connectivity index (χ1v) is 7.93. The van der Waals surface area contributed by atoms with Gasteiger partial charge in [-0.2, -0.15) is 0 Å². The van der Waals surface area contributed by atoms with Gasteiger partial charge in [-0.25, -0.2) is 13.1 Å². The molecule has 0 aliphatic heterocycles. The first kappa shape index (κ1) is 15.2. The lowest BCUT2D eigenvalue weighted by Crippen LogP contribution is -2.33. The first-order valence-electron chi connectivity index (χ1n) is 6.07. The van der Waals surface area contributed by atoms with Gasteiger partial charge in [0.1, 0.15) is 0 Å². The van der Waals surface area contributed by atoms with Crippen LogP contribution in [0, 0.1) is 10.1 Å². The Balaban J connectivity index is 2.09. The smallest absolute Gasteiger partial charge is 0.290 e. The average Bonchev–Trinajstić information content (AvgIpc) is 3.18. The molecule has 0 radical (unpaired) electrons. The maximum absolute atomic E-state index is 12.0. The lowest BCUT2D eigenvalue weighted by atomic mass is 10.3. The molecule has 2 rings (SSSR count). The number of nitrogens with zero attached hydrogens (tertiary/aromatic N) is 1. The van der Waals surface area contributed by atoms with Crippen molar-refractivity contribution in [2.75, 3.05) is 13.1 Å². The van der Waals surface area contributed by atoms with E-state index < -0.39 is 20.6 Å². The summed E-state index contributed by atoms with van der Waals surface area (Å²) in [5.74, 6) is 0. The minimum absolute atomic E-state index is 0.117. The zero-order chi connectivity index (χ0) is 14.8. The normalized spacial score (nSPS) is 15.2. The molecule has 0 bridgehead atoms. The van der Waals surface area contributed by atoms with Crippen molar-refractivity contribution < 1.29 is 13.3 Å². The van der Waals surface area contributed by atoms with Crippen LogP contribution in [0.1, 0.15) is 12.8 Å². The molecule has 110 valence electrons. The highest BCUT2D eigenvalue weighted by Gasteiger charge is 2.26. The van der Waals surface area contributed by atoms with E-state index in [9.17, 15) is 18.5 Å². The minimum atomic E-state index is -3.92. The SMILES string of the molecule is O=[N+]([O-])c1cc(Cl)ccc1S(=O)(=O)NCCNC1CC1. The highest BCUT2D eigenvalue weighted by atomic mass is 35.5. The molecule has 1 aromatic rings. The van der Waals surface area contributed by atoms with Crippen molar-refractivity contribution in [3.05, 3.63) is 33.3 Å². The number of rotatable bonds is 7. The molecule has 20 heavy (non-hydrogen) atoms. The zero-order valence-corrected chi connectivity index (χ0v) is 12.1. The summed E-state index contributed by atoms with van der Waals surface area (Å²) in [4.78, 5) is 9.75. The molecular weight excluding hydrogens is 306 g/mol. The van der Waals surface area contributed by atoms with E-state index in [-0.39, 0.29) is 16.5 Å². The summed E-state index contributed by atoms with van der Waals surface area (Å²) in [6, 6.07) is 3.95. The van der Waals surface area contributed by atoms with Crippen molar-refractivity contribution in [3.8, 4) is 0 Å². The second-order valence-corrected chi connectivity index (χ2v) is 6.67. The van der Waals surface area contributed by atoms with Gasteiger partial charge in [0.25, 0.3) is 5.69 Å². The van der Waals surface area contributed by atoms with E-state index in [0.717, 1.165) is 25.0 Å². The van der Waals surface area contributed by atoms with E-state index in [1.807, 2.05) is 0 Å². The molecule has 1 fully saturated rings. The highest BCUT2D eigenvalue weighted by molar-refractivity contribution is 7.89. The molecule has 0 unspecified atom stereocenters. The average molecular weight is 320 g/mol. The maximum atomic E-state index is 12.0. The second-order valence-electron chi connectivity index (χ2n) is 4.50. The zero-order valence-electron chi connectivity index (χ0n) is 10.5. The summed E-state index contributed by atoms with van der Waals surface area (Å²) in [5, 5.41) is 14.2. The number of sulfonamides is 1. The topological polar surface area (TPSA) is 101 Å². The molecule has 7 nitrogen and oxygen atoms in total. The largest absolute Gasteiger partial charge is 0.313 e. The Morgan fingerprint density at radius 2 is 2.05 bits per heavy atom. The predicted octanol–water partition coefficient (Wildman–Crippen LogP) is 1.28. The maximum Gasteiger partial charge on any atom is 0.290 e. The summed E-state index contributed by atoms with van der Waals surface area (Å²) in [7, 11) is -3.92. The van der Waals surface area contributed by atoms with Gasteiger partial charge < -0.3 is 5.32 Å². The van der Waals surface area contributed by atoms with Crippen LogP contribution in [0.5, 0.6) is 0 Å². The molecule has 0 heterocycles. The molecule has 0 amide bonds. The third kappa shape index (κ3) is 3.89. The molecule has 1 aromatic carbocycles. The molecule has 9 heteroatoms. The third-order valence-electron chi connectivity index (χ3n) is 2.83. The van der Waals surface area contributed by atoms with E-state index in [4.69, 9.17) is 11.6 Å². The fourth-order valence-corrected chi connectivity index (χ4v) is 3.04. The lowest BCUT2D eigenvalue weighted by Gasteiger charge is -2.08. The van der Waals surface area contributed by atoms with E-state index >= 15 is 0 Å². The van der Waals surface area contributed by atoms with Crippen molar-refractivity contribution in [2.24, 2.45) is 0 Å². The number of benzene rings is 1. The van der Waals surface area contributed by atoms with Gasteiger partial charge in [-0.05, 0) is 25.0 Å². The monoisotopic (exact) mass is 319 g/mol. The van der Waals surface area contributed by atoms with Crippen molar-refractivity contribution in [1.29, 1.82) is 0 Å². The van der Waals surface area contributed by atoms with Gasteiger partial charge in [0.2, 0.25) is 10.0 Å². The van der Waals surface area contributed by atoms with Gasteiger partial charge in [-0.3, -0.25) is 10.1 Å². The fourth-order valence-electron chi connectivity index (χ4n) is 1.69. The van der Waals surface area contributed by atoms with Gasteiger partial charge in [0.15, 0.2) is 4.90 Å². The third-order valence-corrected chi connectivity index (χ3v) is 4.58. The van der Waals surface area contributed by atoms with Crippen LogP contribution in [0.2, 0.25) is 5.02 Å². The molecule has 1 saturated carbocycles. The quantitative estimate of drug-likeness (QED) is 0.448. The molecule has 0 saturated heterocycles. The van der Waals surface area contributed by atoms with Gasteiger partial charge in [-0.1, -0.05) is 11.6 Å². The van der Waals surface area contributed by atoms with Gasteiger partial charge in [0.05, 0.1) is 4.92 Å². The van der Waals surface area contributed by atoms with Crippen molar-refractivity contribution in [1.82, 2.24) is 10.0 Å². The van der Waals surface area contributed by atoms with Crippen LogP contribution in [0.3, 0.4) is 0 Å². The van der Waals surface area contributed by atoms with Crippen LogP contribution in [-0.4, -0.2) is 32.5 Å². The van der Waals surface area contributed by atoms with Crippen LogP contribution in [0.25, 0.3) is 0 Å². The van der Waals surface area contributed by atoms with Crippen molar-refractivity contribution >= 4 is 27.3 Å². The number of nitro benzene ring substituents is 1. The Bertz CT molecular complexity index is 616. The molecule has 0 atom stereocenters. The van der Waals surface area contributed by atoms with E-state index in [1.54, 1.807) is 0 Å². The Morgan fingerprint density at radius 1 is 1.35 bits per heavy atom. The Kier molecular flexibility index (Phi) is 4.59. The van der Waals surface area contributed by atoms with E-state index in [0.29, 0.717) is 12.6 Å². The number of nitro groups is 1. The molecule has 2 N–H and O–H groups in total. The molecule has 1 aliphatic carbocycles. The lowest BCUT2D eigenvalue weighted by molar-refractivity contribution is -0.387. The number of nitrogens with one attached hydrogen (secondary N) is 2. The minimum Gasteiger partial charge on any atom is -0.313 e. The summed E-state index contributed by atoms with van der Waals surface area (Å²) >= 11 is 5.65. The molecule has 0 aromatic heterocycles. The number of hydrogen-bond acceptors (Lipinski definition) is 5.